The molecular formula is C29H28ClNO8. The van der Waals surface area contributed by atoms with E-state index in [4.69, 9.17) is 35.3 Å². The minimum atomic E-state index is -1.03. The molecule has 0 bridgehead atoms. The average Bonchev–Trinajstić information content (AvgIpc) is 3.22. The lowest BCUT2D eigenvalue weighted by Crippen LogP contribution is -2.29. The van der Waals surface area contributed by atoms with Gasteiger partial charge in [0.15, 0.2) is 11.5 Å². The average molecular weight is 554 g/mol. The number of ketones is 1. The summed E-state index contributed by atoms with van der Waals surface area (Å²) < 4.78 is 27.3. The Morgan fingerprint density at radius 1 is 0.872 bits per heavy atom. The third-order valence-electron chi connectivity index (χ3n) is 6.31. The van der Waals surface area contributed by atoms with Crippen molar-refractivity contribution in [3.05, 3.63) is 76.3 Å². The van der Waals surface area contributed by atoms with Crippen molar-refractivity contribution in [3.8, 4) is 28.7 Å². The maximum absolute atomic E-state index is 13.6. The zero-order valence-electron chi connectivity index (χ0n) is 22.1. The highest BCUT2D eigenvalue weighted by Crippen LogP contribution is 2.46. The van der Waals surface area contributed by atoms with Crippen LogP contribution in [0.2, 0.25) is 5.02 Å². The van der Waals surface area contributed by atoms with Gasteiger partial charge in [0.1, 0.15) is 23.0 Å². The second-order valence-electron chi connectivity index (χ2n) is 8.40. The smallest absolute Gasteiger partial charge is 0.300 e. The van der Waals surface area contributed by atoms with Gasteiger partial charge in [0, 0.05) is 17.8 Å². The molecule has 9 nitrogen and oxygen atoms in total. The largest absolute Gasteiger partial charge is 0.507 e. The van der Waals surface area contributed by atoms with Crippen LogP contribution in [0.5, 0.6) is 28.7 Å². The van der Waals surface area contributed by atoms with Gasteiger partial charge in [0.2, 0.25) is 0 Å². The minimum absolute atomic E-state index is 0.130. The number of amides is 1. The number of carbonyl (C=O) groups excluding carboxylic acids is 2. The van der Waals surface area contributed by atoms with E-state index in [1.807, 2.05) is 6.92 Å². The third-order valence-corrected chi connectivity index (χ3v) is 6.60. The first kappa shape index (κ1) is 27.7. The summed E-state index contributed by atoms with van der Waals surface area (Å²) in [5.41, 5.74) is 0.877. The van der Waals surface area contributed by atoms with Gasteiger partial charge in [-0.2, -0.15) is 0 Å². The molecule has 0 aliphatic carbocycles. The molecule has 1 aliphatic heterocycles. The van der Waals surface area contributed by atoms with Gasteiger partial charge in [-0.1, -0.05) is 23.7 Å². The Hall–Kier alpha value is -4.37. The molecule has 1 amide bonds. The number of ether oxygens (including phenoxy) is 5. The molecule has 10 heteroatoms. The monoisotopic (exact) mass is 553 g/mol. The summed E-state index contributed by atoms with van der Waals surface area (Å²) >= 11 is 6.26. The molecule has 0 aromatic heterocycles. The fourth-order valence-corrected chi connectivity index (χ4v) is 4.73. The zero-order valence-corrected chi connectivity index (χ0v) is 22.9. The summed E-state index contributed by atoms with van der Waals surface area (Å²) in [6.45, 7) is 2.19. The van der Waals surface area contributed by atoms with Crippen molar-refractivity contribution >= 4 is 34.7 Å². The van der Waals surface area contributed by atoms with Crippen molar-refractivity contribution < 1.29 is 38.4 Å². The van der Waals surface area contributed by atoms with Crippen molar-refractivity contribution in [1.29, 1.82) is 0 Å². The normalized spacial score (nSPS) is 16.3. The summed E-state index contributed by atoms with van der Waals surface area (Å²) in [5, 5.41) is 11.9. The number of carbonyl (C=O) groups is 2. The van der Waals surface area contributed by atoms with Gasteiger partial charge < -0.3 is 28.8 Å². The lowest BCUT2D eigenvalue weighted by molar-refractivity contribution is -0.132. The van der Waals surface area contributed by atoms with Crippen LogP contribution in [0.1, 0.15) is 24.1 Å². The number of hydrogen-bond donors (Lipinski definition) is 1. The molecule has 1 saturated heterocycles. The van der Waals surface area contributed by atoms with E-state index in [1.165, 1.54) is 45.5 Å². The Bertz CT molecular complexity index is 1450. The number of methoxy groups -OCH3 is 4. The molecule has 0 radical (unpaired) electrons. The van der Waals surface area contributed by atoms with Crippen LogP contribution in [0.15, 0.2) is 60.2 Å². The summed E-state index contributed by atoms with van der Waals surface area (Å²) in [6.07, 6.45) is 0. The summed E-state index contributed by atoms with van der Waals surface area (Å²) in [5.74, 6) is -0.350. The van der Waals surface area contributed by atoms with Crippen LogP contribution < -0.4 is 28.6 Å². The van der Waals surface area contributed by atoms with Gasteiger partial charge in [-0.3, -0.25) is 14.5 Å². The zero-order chi connectivity index (χ0) is 28.3. The highest BCUT2D eigenvalue weighted by atomic mass is 35.5. The van der Waals surface area contributed by atoms with Crippen LogP contribution in [-0.2, 0) is 9.59 Å². The first-order valence-electron chi connectivity index (χ1n) is 12.0. The molecule has 1 fully saturated rings. The second kappa shape index (κ2) is 11.6. The van der Waals surface area contributed by atoms with E-state index < -0.39 is 23.5 Å². The Kier molecular flexibility index (Phi) is 8.21. The Balaban J connectivity index is 2.02. The van der Waals surface area contributed by atoms with Crippen molar-refractivity contribution in [2.45, 2.75) is 13.0 Å². The van der Waals surface area contributed by atoms with E-state index in [1.54, 1.807) is 42.5 Å². The van der Waals surface area contributed by atoms with Gasteiger partial charge in [0.25, 0.3) is 11.7 Å². The van der Waals surface area contributed by atoms with Crippen molar-refractivity contribution in [1.82, 2.24) is 0 Å². The SMILES string of the molecule is CCOc1cc(C2/C(=C(\O)c3cc(OC)c(Cl)cc3OC)C(=O)C(=O)N2c2cccc(OC)c2)ccc1OC. The molecule has 3 aromatic rings. The Morgan fingerprint density at radius 3 is 2.23 bits per heavy atom. The van der Waals surface area contributed by atoms with Crippen molar-refractivity contribution in [3.63, 3.8) is 0 Å². The van der Waals surface area contributed by atoms with Crippen LogP contribution in [0, 0.1) is 0 Å². The van der Waals surface area contributed by atoms with Crippen molar-refractivity contribution in [2.24, 2.45) is 0 Å². The van der Waals surface area contributed by atoms with Crippen LogP contribution in [0.25, 0.3) is 5.76 Å². The van der Waals surface area contributed by atoms with E-state index in [0.29, 0.717) is 35.1 Å². The summed E-state index contributed by atoms with van der Waals surface area (Å²) in [6, 6.07) is 13.7. The molecular weight excluding hydrogens is 526 g/mol. The highest BCUT2D eigenvalue weighted by molar-refractivity contribution is 6.51. The molecule has 0 saturated carbocycles. The van der Waals surface area contributed by atoms with E-state index >= 15 is 0 Å². The predicted molar refractivity (Wildman–Crippen MR) is 146 cm³/mol. The number of aliphatic hydroxyl groups excluding tert-OH is 1. The molecule has 1 heterocycles. The topological polar surface area (TPSA) is 104 Å². The van der Waals surface area contributed by atoms with Crippen LogP contribution in [0.4, 0.5) is 5.69 Å². The molecule has 39 heavy (non-hydrogen) atoms. The number of aliphatic hydroxyl groups is 1. The van der Waals surface area contributed by atoms with Crippen molar-refractivity contribution in [2.75, 3.05) is 39.9 Å². The molecule has 0 spiro atoms. The number of halogens is 1. The van der Waals surface area contributed by atoms with Gasteiger partial charge in [-0.05, 0) is 42.8 Å². The van der Waals surface area contributed by atoms with Crippen LogP contribution >= 0.6 is 11.6 Å². The summed E-state index contributed by atoms with van der Waals surface area (Å²) in [7, 11) is 5.84. The van der Waals surface area contributed by atoms with Gasteiger partial charge >= 0.3 is 0 Å². The van der Waals surface area contributed by atoms with Gasteiger partial charge in [0.05, 0.1) is 57.2 Å². The first-order valence-corrected chi connectivity index (χ1v) is 12.3. The standard InChI is InChI=1S/C29H28ClNO8/c1-6-39-24-12-16(10-11-21(24)36-3)26-25(27(32)19-14-23(38-5)20(30)15-22(19)37-4)28(33)29(34)31(26)17-8-7-9-18(13-17)35-2/h7-15,26,32H,6H2,1-5H3/b27-25+. The fourth-order valence-electron chi connectivity index (χ4n) is 4.50. The number of Topliss-reactive ketones (excluding diaryl/α,β-unsaturated/α-hetero) is 1. The molecule has 1 N–H and O–H groups in total. The Labute approximate surface area is 231 Å². The summed E-state index contributed by atoms with van der Waals surface area (Å²) in [4.78, 5) is 28.5. The third kappa shape index (κ3) is 5.05. The second-order valence-corrected chi connectivity index (χ2v) is 8.81. The quantitative estimate of drug-likeness (QED) is 0.213. The molecule has 204 valence electrons. The maximum Gasteiger partial charge on any atom is 0.300 e. The number of rotatable bonds is 9. The van der Waals surface area contributed by atoms with Crippen LogP contribution in [0.3, 0.4) is 0 Å². The molecule has 1 aliphatic rings. The van der Waals surface area contributed by atoms with E-state index in [-0.39, 0.29) is 27.7 Å². The van der Waals surface area contributed by atoms with Gasteiger partial charge in [-0.15, -0.1) is 0 Å². The number of hydrogen-bond acceptors (Lipinski definition) is 8. The maximum atomic E-state index is 13.6. The minimum Gasteiger partial charge on any atom is -0.507 e. The Morgan fingerprint density at radius 2 is 1.59 bits per heavy atom. The number of anilines is 1. The number of benzene rings is 3. The van der Waals surface area contributed by atoms with E-state index in [9.17, 15) is 14.7 Å². The van der Waals surface area contributed by atoms with E-state index in [0.717, 1.165) is 0 Å². The van der Waals surface area contributed by atoms with Gasteiger partial charge in [-0.25, -0.2) is 0 Å². The van der Waals surface area contributed by atoms with Crippen LogP contribution in [-0.4, -0.2) is 51.8 Å². The lowest BCUT2D eigenvalue weighted by atomic mass is 9.94. The predicted octanol–water partition coefficient (Wildman–Crippen LogP) is 5.40. The fraction of sp³-hybridized carbons (Fsp3) is 0.241. The molecule has 4 rings (SSSR count). The molecule has 1 atom stereocenters. The molecule has 1 unspecified atom stereocenters. The van der Waals surface area contributed by atoms with E-state index in [2.05, 4.69) is 0 Å². The highest BCUT2D eigenvalue weighted by Gasteiger charge is 2.47. The number of nitrogens with zero attached hydrogens (tertiary/aromatic N) is 1. The molecule has 3 aromatic carbocycles. The first-order chi connectivity index (χ1) is 18.8. The lowest BCUT2D eigenvalue weighted by Gasteiger charge is -2.26.